The lowest BCUT2D eigenvalue weighted by Crippen LogP contribution is -2.32. The van der Waals surface area contributed by atoms with Crippen molar-refractivity contribution in [3.8, 4) is 23.6 Å². The Hall–Kier alpha value is -2.66. The van der Waals surface area contributed by atoms with Crippen LogP contribution in [-0.2, 0) is 0 Å². The number of hydrogen-bond acceptors (Lipinski definition) is 1. The number of anilines is 1. The second-order valence-corrected chi connectivity index (χ2v) is 6.85. The third-order valence-electron chi connectivity index (χ3n) is 5.09. The summed E-state index contributed by atoms with van der Waals surface area (Å²) in [5, 5.41) is 1.16. The van der Waals surface area contributed by atoms with E-state index in [1.807, 2.05) is 6.07 Å². The Kier molecular flexibility index (Phi) is 3.78. The summed E-state index contributed by atoms with van der Waals surface area (Å²) in [7, 11) is 0. The number of benzene rings is 2. The molecule has 0 atom stereocenters. The Bertz CT molecular complexity index is 905. The summed E-state index contributed by atoms with van der Waals surface area (Å²) >= 11 is 0. The van der Waals surface area contributed by atoms with Gasteiger partial charge >= 0.3 is 0 Å². The molecule has 3 aromatic rings. The van der Waals surface area contributed by atoms with E-state index in [0.717, 1.165) is 41.2 Å². The van der Waals surface area contributed by atoms with Crippen molar-refractivity contribution in [3.63, 3.8) is 0 Å². The smallest absolute Gasteiger partial charge is 0.0465 e. The van der Waals surface area contributed by atoms with Crippen LogP contribution in [-0.4, -0.2) is 18.1 Å². The maximum atomic E-state index is 5.51. The summed E-state index contributed by atoms with van der Waals surface area (Å²) in [6.07, 6.45) is 8.07. The highest BCUT2D eigenvalue weighted by Crippen LogP contribution is 2.29. The Morgan fingerprint density at radius 3 is 2.71 bits per heavy atom. The number of rotatable bonds is 2. The minimum absolute atomic E-state index is 0.850. The molecule has 0 aliphatic carbocycles. The zero-order valence-corrected chi connectivity index (χ0v) is 14.0. The van der Waals surface area contributed by atoms with Gasteiger partial charge in [0.25, 0.3) is 0 Å². The van der Waals surface area contributed by atoms with E-state index in [0.29, 0.717) is 0 Å². The van der Waals surface area contributed by atoms with E-state index in [4.69, 9.17) is 6.42 Å². The third-order valence-corrected chi connectivity index (χ3v) is 5.09. The highest BCUT2D eigenvalue weighted by Gasteiger charge is 2.16. The van der Waals surface area contributed by atoms with Gasteiger partial charge < -0.3 is 9.88 Å². The third kappa shape index (κ3) is 2.78. The van der Waals surface area contributed by atoms with Crippen molar-refractivity contribution in [1.82, 2.24) is 4.98 Å². The van der Waals surface area contributed by atoms with Crippen molar-refractivity contribution < 1.29 is 0 Å². The molecule has 4 rings (SSSR count). The number of nitrogens with zero attached hydrogens (tertiary/aromatic N) is 1. The molecule has 2 nitrogen and oxygen atoms in total. The van der Waals surface area contributed by atoms with Gasteiger partial charge in [0.05, 0.1) is 0 Å². The summed E-state index contributed by atoms with van der Waals surface area (Å²) in [4.78, 5) is 6.02. The average molecular weight is 314 g/mol. The summed E-state index contributed by atoms with van der Waals surface area (Å²) < 4.78 is 0. The number of aromatic amines is 1. The van der Waals surface area contributed by atoms with Crippen LogP contribution in [0.1, 0.15) is 25.3 Å². The molecular weight excluding hydrogens is 292 g/mol. The van der Waals surface area contributed by atoms with Crippen molar-refractivity contribution in [2.24, 2.45) is 5.92 Å². The van der Waals surface area contributed by atoms with Gasteiger partial charge in [0.2, 0.25) is 0 Å². The molecule has 24 heavy (non-hydrogen) atoms. The first-order valence-electron chi connectivity index (χ1n) is 8.68. The van der Waals surface area contributed by atoms with Gasteiger partial charge in [0.15, 0.2) is 0 Å². The van der Waals surface area contributed by atoms with E-state index in [2.05, 4.69) is 65.2 Å². The highest BCUT2D eigenvalue weighted by molar-refractivity contribution is 5.87. The van der Waals surface area contributed by atoms with Gasteiger partial charge in [-0.05, 0) is 60.7 Å². The minimum atomic E-state index is 0.850. The molecule has 0 amide bonds. The van der Waals surface area contributed by atoms with Crippen LogP contribution in [0, 0.1) is 18.3 Å². The highest BCUT2D eigenvalue weighted by atomic mass is 15.1. The topological polar surface area (TPSA) is 19.0 Å². The Morgan fingerprint density at radius 2 is 1.92 bits per heavy atom. The molecule has 0 bridgehead atoms. The molecule has 1 fully saturated rings. The van der Waals surface area contributed by atoms with Crippen LogP contribution in [0.4, 0.5) is 5.69 Å². The predicted molar refractivity (Wildman–Crippen MR) is 102 cm³/mol. The lowest BCUT2D eigenvalue weighted by atomic mass is 9.98. The van der Waals surface area contributed by atoms with Crippen LogP contribution in [0.2, 0.25) is 0 Å². The zero-order valence-electron chi connectivity index (χ0n) is 14.0. The van der Waals surface area contributed by atoms with Gasteiger partial charge in [-0.25, -0.2) is 0 Å². The first-order valence-corrected chi connectivity index (χ1v) is 8.68. The monoisotopic (exact) mass is 314 g/mol. The lowest BCUT2D eigenvalue weighted by molar-refractivity contribution is 0.438. The predicted octanol–water partition coefficient (Wildman–Crippen LogP) is 5.05. The quantitative estimate of drug-likeness (QED) is 0.656. The fourth-order valence-corrected chi connectivity index (χ4v) is 3.51. The fraction of sp³-hybridized carbons (Fsp3) is 0.273. The molecule has 120 valence electrons. The van der Waals surface area contributed by atoms with Crippen LogP contribution in [0.3, 0.4) is 0 Å². The fourth-order valence-electron chi connectivity index (χ4n) is 3.51. The number of nitrogens with one attached hydrogen (secondary N) is 1. The number of fused-ring (bicyclic) bond motifs is 1. The van der Waals surface area contributed by atoms with Crippen molar-refractivity contribution in [2.75, 3.05) is 18.0 Å². The second-order valence-electron chi connectivity index (χ2n) is 6.85. The largest absolute Gasteiger partial charge is 0.371 e. The Labute approximate surface area is 143 Å². The molecule has 2 heterocycles. The summed E-state index contributed by atoms with van der Waals surface area (Å²) in [6, 6.07) is 17.1. The van der Waals surface area contributed by atoms with Gasteiger partial charge in [-0.15, -0.1) is 6.42 Å². The summed E-state index contributed by atoms with van der Waals surface area (Å²) in [5.74, 6) is 3.55. The first-order chi connectivity index (χ1) is 11.7. The van der Waals surface area contributed by atoms with E-state index in [1.54, 1.807) is 0 Å². The maximum Gasteiger partial charge on any atom is 0.0465 e. The molecule has 2 aromatic carbocycles. The van der Waals surface area contributed by atoms with Crippen molar-refractivity contribution in [2.45, 2.75) is 19.8 Å². The molecule has 1 saturated heterocycles. The molecule has 1 aromatic heterocycles. The number of piperidine rings is 1. The van der Waals surface area contributed by atoms with Gasteiger partial charge in [-0.2, -0.15) is 0 Å². The van der Waals surface area contributed by atoms with Gasteiger partial charge in [0, 0.05) is 40.9 Å². The molecule has 0 unspecified atom stereocenters. The second kappa shape index (κ2) is 6.09. The number of terminal acetylenes is 1. The van der Waals surface area contributed by atoms with E-state index < -0.39 is 0 Å². The number of aromatic nitrogens is 1. The Balaban J connectivity index is 1.67. The maximum absolute atomic E-state index is 5.51. The molecule has 0 saturated carbocycles. The molecule has 1 aliphatic heterocycles. The number of H-pyrrole nitrogens is 1. The van der Waals surface area contributed by atoms with Crippen molar-refractivity contribution in [1.29, 1.82) is 0 Å². The van der Waals surface area contributed by atoms with E-state index in [-0.39, 0.29) is 0 Å². The normalized spacial score (nSPS) is 15.6. The lowest BCUT2D eigenvalue weighted by Gasteiger charge is -2.32. The van der Waals surface area contributed by atoms with Crippen LogP contribution in [0.5, 0.6) is 0 Å². The SMILES string of the molecule is C#Cc1ccc2[nH]c(-c3cccc(N4CCC(C)CC4)c3)cc2c1. The van der Waals surface area contributed by atoms with Crippen LogP contribution in [0.25, 0.3) is 22.2 Å². The van der Waals surface area contributed by atoms with Gasteiger partial charge in [-0.3, -0.25) is 0 Å². The summed E-state index contributed by atoms with van der Waals surface area (Å²) in [6.45, 7) is 4.66. The van der Waals surface area contributed by atoms with Crippen molar-refractivity contribution >= 4 is 16.6 Å². The van der Waals surface area contributed by atoms with Crippen LogP contribution in [0.15, 0.2) is 48.5 Å². The van der Waals surface area contributed by atoms with Crippen LogP contribution < -0.4 is 4.90 Å². The summed E-state index contributed by atoms with van der Waals surface area (Å²) in [5.41, 5.74) is 5.74. The van der Waals surface area contributed by atoms with Crippen molar-refractivity contribution in [3.05, 3.63) is 54.1 Å². The molecule has 2 heteroatoms. The molecule has 1 N–H and O–H groups in total. The molecule has 0 radical (unpaired) electrons. The van der Waals surface area contributed by atoms with E-state index in [9.17, 15) is 0 Å². The molecule has 0 spiro atoms. The van der Waals surface area contributed by atoms with E-state index in [1.165, 1.54) is 24.1 Å². The first kappa shape index (κ1) is 14.9. The van der Waals surface area contributed by atoms with Crippen LogP contribution >= 0.6 is 0 Å². The Morgan fingerprint density at radius 1 is 1.08 bits per heavy atom. The molecular formula is C22H22N2. The minimum Gasteiger partial charge on any atom is -0.371 e. The zero-order chi connectivity index (χ0) is 16.5. The van der Waals surface area contributed by atoms with E-state index >= 15 is 0 Å². The average Bonchev–Trinajstić information content (AvgIpc) is 3.05. The molecule has 1 aliphatic rings. The van der Waals surface area contributed by atoms with Gasteiger partial charge in [-0.1, -0.05) is 25.0 Å². The number of hydrogen-bond donors (Lipinski definition) is 1. The standard InChI is InChI=1S/C22H22N2/c1-3-17-7-8-21-19(13-17)15-22(23-21)18-5-4-6-20(14-18)24-11-9-16(2)10-12-24/h1,4-8,13-16,23H,9-12H2,2H3. The van der Waals surface area contributed by atoms with Gasteiger partial charge in [0.1, 0.15) is 0 Å².